The summed E-state index contributed by atoms with van der Waals surface area (Å²) in [7, 11) is 0. The van der Waals surface area contributed by atoms with Crippen LogP contribution in [0, 0.1) is 12.8 Å². The molecule has 1 fully saturated rings. The Morgan fingerprint density at radius 3 is 2.63 bits per heavy atom. The molecular formula is C22H22ClF3N4. The Morgan fingerprint density at radius 2 is 1.97 bits per heavy atom. The number of aromatic nitrogens is 3. The monoisotopic (exact) mass is 434 g/mol. The van der Waals surface area contributed by atoms with E-state index < -0.39 is 11.7 Å². The first kappa shape index (κ1) is 19.7. The van der Waals surface area contributed by atoms with Crippen molar-refractivity contribution in [2.45, 2.75) is 51.9 Å². The summed E-state index contributed by atoms with van der Waals surface area (Å²) in [6, 6.07) is 6.15. The van der Waals surface area contributed by atoms with Gasteiger partial charge in [-0.1, -0.05) is 24.6 Å². The lowest BCUT2D eigenvalue weighted by molar-refractivity contribution is -0.137. The van der Waals surface area contributed by atoms with Crippen LogP contribution in [0.5, 0.6) is 0 Å². The zero-order valence-electron chi connectivity index (χ0n) is 16.8. The maximum Gasteiger partial charge on any atom is 0.417 e. The fourth-order valence-electron chi connectivity index (χ4n) is 4.45. The average Bonchev–Trinajstić information content (AvgIpc) is 3.43. The van der Waals surface area contributed by atoms with E-state index >= 15 is 0 Å². The van der Waals surface area contributed by atoms with Gasteiger partial charge in [0.1, 0.15) is 16.7 Å². The second kappa shape index (κ2) is 6.87. The summed E-state index contributed by atoms with van der Waals surface area (Å²) < 4.78 is 43.2. The number of hydrogen-bond donors (Lipinski definition) is 0. The van der Waals surface area contributed by atoms with Crippen LogP contribution in [0.4, 0.5) is 18.9 Å². The van der Waals surface area contributed by atoms with Crippen molar-refractivity contribution in [1.29, 1.82) is 0 Å². The molecule has 158 valence electrons. The third kappa shape index (κ3) is 3.23. The topological polar surface area (TPSA) is 34.0 Å². The molecule has 1 atom stereocenters. The molecule has 0 saturated heterocycles. The van der Waals surface area contributed by atoms with Crippen molar-refractivity contribution in [3.05, 3.63) is 40.5 Å². The minimum absolute atomic E-state index is 0.0170. The van der Waals surface area contributed by atoms with Crippen LogP contribution in [-0.4, -0.2) is 27.4 Å². The van der Waals surface area contributed by atoms with E-state index in [1.165, 1.54) is 25.0 Å². The molecule has 1 aromatic carbocycles. The summed E-state index contributed by atoms with van der Waals surface area (Å²) in [4.78, 5) is 7.05. The summed E-state index contributed by atoms with van der Waals surface area (Å²) in [5, 5.41) is 4.69. The van der Waals surface area contributed by atoms with E-state index in [4.69, 9.17) is 11.6 Å². The van der Waals surface area contributed by atoms with Gasteiger partial charge in [-0.05, 0) is 50.3 Å². The van der Waals surface area contributed by atoms with Crippen LogP contribution in [0.25, 0.3) is 22.3 Å². The fraction of sp³-hybridized carbons (Fsp3) is 0.455. The number of aryl methyl sites for hydroxylation is 1. The summed E-state index contributed by atoms with van der Waals surface area (Å²) in [6.07, 6.45) is -1.11. The minimum atomic E-state index is -4.53. The smallest absolute Gasteiger partial charge is 0.365 e. The molecule has 4 nitrogen and oxygen atoms in total. The maximum absolute atomic E-state index is 13.8. The average molecular weight is 435 g/mol. The second-order valence-corrected chi connectivity index (χ2v) is 8.79. The summed E-state index contributed by atoms with van der Waals surface area (Å²) in [5.41, 5.74) is 2.65. The van der Waals surface area contributed by atoms with Crippen LogP contribution in [0.15, 0.2) is 24.3 Å². The van der Waals surface area contributed by atoms with Crippen molar-refractivity contribution in [1.82, 2.24) is 14.8 Å². The van der Waals surface area contributed by atoms with E-state index in [1.54, 1.807) is 0 Å². The van der Waals surface area contributed by atoms with Gasteiger partial charge in [0.2, 0.25) is 0 Å². The molecular weight excluding hydrogens is 413 g/mol. The quantitative estimate of drug-likeness (QED) is 0.498. The molecule has 1 aliphatic carbocycles. The first-order valence-corrected chi connectivity index (χ1v) is 10.7. The van der Waals surface area contributed by atoms with E-state index in [1.807, 2.05) is 17.7 Å². The number of pyridine rings is 1. The number of alkyl halides is 3. The molecule has 0 amide bonds. The zero-order valence-corrected chi connectivity index (χ0v) is 17.6. The van der Waals surface area contributed by atoms with Crippen molar-refractivity contribution in [3.63, 3.8) is 0 Å². The number of hydrogen-bond acceptors (Lipinski definition) is 3. The molecule has 0 bridgehead atoms. The van der Waals surface area contributed by atoms with Crippen LogP contribution in [0.1, 0.15) is 37.4 Å². The Balaban J connectivity index is 1.75. The molecule has 0 radical (unpaired) electrons. The highest BCUT2D eigenvalue weighted by Crippen LogP contribution is 2.44. The first-order chi connectivity index (χ1) is 14.3. The normalized spacial score (nSPS) is 19.0. The number of anilines is 1. The molecule has 0 unspecified atom stereocenters. The van der Waals surface area contributed by atoms with Gasteiger partial charge in [0.25, 0.3) is 0 Å². The lowest BCUT2D eigenvalue weighted by Gasteiger charge is -2.37. The Morgan fingerprint density at radius 1 is 1.20 bits per heavy atom. The highest BCUT2D eigenvalue weighted by molar-refractivity contribution is 6.30. The van der Waals surface area contributed by atoms with E-state index in [2.05, 4.69) is 21.9 Å². The molecule has 0 spiro atoms. The van der Waals surface area contributed by atoms with Gasteiger partial charge in [-0.3, -0.25) is 4.68 Å². The summed E-state index contributed by atoms with van der Waals surface area (Å²) in [5.74, 6) is 0.699. The summed E-state index contributed by atoms with van der Waals surface area (Å²) in [6.45, 7) is 5.65. The molecule has 2 aromatic heterocycles. The summed E-state index contributed by atoms with van der Waals surface area (Å²) >= 11 is 5.88. The fourth-order valence-corrected chi connectivity index (χ4v) is 4.62. The van der Waals surface area contributed by atoms with Gasteiger partial charge in [0, 0.05) is 28.9 Å². The molecule has 0 N–H and O–H groups in total. The van der Waals surface area contributed by atoms with Crippen molar-refractivity contribution < 1.29 is 13.2 Å². The van der Waals surface area contributed by atoms with Crippen LogP contribution in [-0.2, 0) is 12.7 Å². The van der Waals surface area contributed by atoms with Gasteiger partial charge in [-0.2, -0.15) is 18.3 Å². The minimum Gasteiger partial charge on any atom is -0.365 e. The van der Waals surface area contributed by atoms with E-state index in [9.17, 15) is 13.2 Å². The Bertz CT molecular complexity index is 1130. The first-order valence-electron chi connectivity index (χ1n) is 10.3. The van der Waals surface area contributed by atoms with Gasteiger partial charge in [-0.15, -0.1) is 0 Å². The van der Waals surface area contributed by atoms with Gasteiger partial charge < -0.3 is 4.90 Å². The SMILES string of the molecule is CC[C@H]1Cn2nc(-c3ccc(Cl)cc3C(F)(F)F)c3nc(C)cc(c32)N1CC1CC1. The molecule has 2 aliphatic rings. The number of benzene rings is 1. The second-order valence-electron chi connectivity index (χ2n) is 8.36. The highest BCUT2D eigenvalue weighted by atomic mass is 35.5. The number of halogens is 4. The number of nitrogens with zero attached hydrogens (tertiary/aromatic N) is 4. The standard InChI is InChI=1S/C22H22ClF3N4/c1-3-15-11-30-21-18(29(15)10-13-4-5-13)8-12(2)27-20(21)19(28-30)16-7-6-14(23)9-17(16)22(24,25)26/h6-9,13,15H,3-5,10-11H2,1-2H3/t15-/m0/s1. The lowest BCUT2D eigenvalue weighted by Crippen LogP contribution is -2.42. The van der Waals surface area contributed by atoms with Crippen molar-refractivity contribution >= 4 is 28.3 Å². The van der Waals surface area contributed by atoms with Crippen molar-refractivity contribution in [2.75, 3.05) is 11.4 Å². The van der Waals surface area contributed by atoms with Crippen molar-refractivity contribution in [3.8, 4) is 11.3 Å². The molecule has 3 aromatic rings. The molecule has 1 saturated carbocycles. The van der Waals surface area contributed by atoms with E-state index in [0.29, 0.717) is 18.0 Å². The van der Waals surface area contributed by atoms with E-state index in [-0.39, 0.29) is 22.3 Å². The van der Waals surface area contributed by atoms with E-state index in [0.717, 1.165) is 35.9 Å². The Labute approximate surface area is 177 Å². The predicted octanol–water partition coefficient (Wildman–Crippen LogP) is 6.09. The van der Waals surface area contributed by atoms with Crippen LogP contribution in [0.3, 0.4) is 0 Å². The molecule has 30 heavy (non-hydrogen) atoms. The third-order valence-corrected chi connectivity index (χ3v) is 6.34. The molecule has 5 rings (SSSR count). The lowest BCUT2D eigenvalue weighted by atomic mass is 10.0. The van der Waals surface area contributed by atoms with Crippen LogP contribution in [0.2, 0.25) is 5.02 Å². The van der Waals surface area contributed by atoms with Crippen LogP contribution >= 0.6 is 11.6 Å². The molecule has 8 heteroatoms. The van der Waals surface area contributed by atoms with Crippen LogP contribution < -0.4 is 4.90 Å². The van der Waals surface area contributed by atoms with Gasteiger partial charge in [0.05, 0.1) is 17.8 Å². The zero-order chi connectivity index (χ0) is 21.2. The largest absolute Gasteiger partial charge is 0.417 e. The van der Waals surface area contributed by atoms with Gasteiger partial charge in [0.15, 0.2) is 0 Å². The molecule has 3 heterocycles. The molecule has 1 aliphatic heterocycles. The van der Waals surface area contributed by atoms with Gasteiger partial charge >= 0.3 is 6.18 Å². The Hall–Kier alpha value is -2.28. The Kier molecular flexibility index (Phi) is 4.51. The number of rotatable bonds is 4. The third-order valence-electron chi connectivity index (χ3n) is 6.10. The van der Waals surface area contributed by atoms with Crippen molar-refractivity contribution in [2.24, 2.45) is 5.92 Å². The highest BCUT2D eigenvalue weighted by Gasteiger charge is 2.38. The maximum atomic E-state index is 13.8. The predicted molar refractivity (Wildman–Crippen MR) is 112 cm³/mol. The van der Waals surface area contributed by atoms with Gasteiger partial charge in [-0.25, -0.2) is 4.98 Å².